The number of morpholine rings is 1. The average Bonchev–Trinajstić information content (AvgIpc) is 2.74. The largest absolute Gasteiger partial charge is 0.378 e. The highest BCUT2D eigenvalue weighted by Crippen LogP contribution is 2.22. The summed E-state index contributed by atoms with van der Waals surface area (Å²) in [5.41, 5.74) is 1.39. The number of nitrogens with zero attached hydrogens (tertiary/aromatic N) is 7. The van der Waals surface area contributed by atoms with Crippen molar-refractivity contribution < 1.29 is 4.74 Å². The average molecular weight is 351 g/mol. The number of pyridine rings is 1. The van der Waals surface area contributed by atoms with Gasteiger partial charge in [0.05, 0.1) is 18.9 Å². The number of rotatable bonds is 3. The molecule has 0 unspecified atom stereocenters. The van der Waals surface area contributed by atoms with E-state index in [0.717, 1.165) is 69.8 Å². The Morgan fingerprint density at radius 2 is 1.46 bits per heavy atom. The second-order valence-corrected chi connectivity index (χ2v) is 6.31. The first-order valence-corrected chi connectivity index (χ1v) is 8.86. The van der Waals surface area contributed by atoms with Gasteiger partial charge in [0.2, 0.25) is 0 Å². The van der Waals surface area contributed by atoms with Crippen LogP contribution in [0.2, 0.25) is 0 Å². The Balaban J connectivity index is 1.39. The molecule has 0 aliphatic carbocycles. The van der Waals surface area contributed by atoms with Gasteiger partial charge in [-0.15, -0.1) is 10.2 Å². The zero-order chi connectivity index (χ0) is 17.8. The molecule has 0 bridgehead atoms. The van der Waals surface area contributed by atoms with Crippen molar-refractivity contribution in [2.24, 2.45) is 0 Å². The molecule has 2 saturated heterocycles. The molecule has 0 amide bonds. The molecule has 8 nitrogen and oxygen atoms in total. The van der Waals surface area contributed by atoms with Crippen LogP contribution in [0.1, 0.15) is 5.69 Å². The molecule has 0 saturated carbocycles. The number of anilines is 3. The van der Waals surface area contributed by atoms with E-state index in [1.165, 1.54) is 0 Å². The van der Waals surface area contributed by atoms with E-state index in [9.17, 15) is 5.26 Å². The minimum Gasteiger partial charge on any atom is -0.378 e. The summed E-state index contributed by atoms with van der Waals surface area (Å²) in [6, 6.07) is 10.1. The summed E-state index contributed by atoms with van der Waals surface area (Å²) in [7, 11) is 0. The first kappa shape index (κ1) is 16.5. The maximum absolute atomic E-state index is 9.23. The Morgan fingerprint density at radius 1 is 0.846 bits per heavy atom. The maximum atomic E-state index is 9.23. The summed E-state index contributed by atoms with van der Waals surface area (Å²) in [5, 5.41) is 18.0. The third-order valence-corrected chi connectivity index (χ3v) is 4.81. The van der Waals surface area contributed by atoms with Crippen LogP contribution in [-0.4, -0.2) is 67.7 Å². The second-order valence-electron chi connectivity index (χ2n) is 6.31. The predicted molar refractivity (Wildman–Crippen MR) is 98.4 cm³/mol. The minimum absolute atomic E-state index is 0.482. The molecule has 2 aromatic rings. The number of aromatic nitrogens is 3. The summed E-state index contributed by atoms with van der Waals surface area (Å²) < 4.78 is 5.38. The van der Waals surface area contributed by atoms with E-state index in [2.05, 4.69) is 36.0 Å². The molecule has 4 rings (SSSR count). The molecule has 0 spiro atoms. The normalized spacial score (nSPS) is 17.9. The van der Waals surface area contributed by atoms with Crippen molar-refractivity contribution in [2.75, 3.05) is 67.2 Å². The molecule has 2 aliphatic heterocycles. The smallest absolute Gasteiger partial charge is 0.163 e. The topological polar surface area (TPSA) is 81.4 Å². The maximum Gasteiger partial charge on any atom is 0.163 e. The van der Waals surface area contributed by atoms with E-state index in [1.807, 2.05) is 24.3 Å². The SMILES string of the molecule is N#Cc1ncccc1N1CCN(c2ccc(N3CCOCC3)nn2)CC1. The van der Waals surface area contributed by atoms with Gasteiger partial charge in [-0.3, -0.25) is 0 Å². The number of hydrogen-bond acceptors (Lipinski definition) is 8. The molecule has 2 aliphatic rings. The monoisotopic (exact) mass is 351 g/mol. The third-order valence-electron chi connectivity index (χ3n) is 4.81. The molecule has 0 aromatic carbocycles. The van der Waals surface area contributed by atoms with Gasteiger partial charge in [-0.25, -0.2) is 4.98 Å². The molecular weight excluding hydrogens is 330 g/mol. The van der Waals surface area contributed by atoms with Crippen LogP contribution in [0.4, 0.5) is 17.3 Å². The molecule has 134 valence electrons. The molecule has 2 fully saturated rings. The van der Waals surface area contributed by atoms with Gasteiger partial charge in [0.25, 0.3) is 0 Å². The molecule has 0 atom stereocenters. The van der Waals surface area contributed by atoms with Crippen LogP contribution in [0.3, 0.4) is 0 Å². The third kappa shape index (κ3) is 3.39. The number of nitriles is 1. The van der Waals surface area contributed by atoms with Gasteiger partial charge in [-0.2, -0.15) is 5.26 Å². The summed E-state index contributed by atoms with van der Waals surface area (Å²) in [4.78, 5) is 10.8. The van der Waals surface area contributed by atoms with Gasteiger partial charge in [0, 0.05) is 45.5 Å². The standard InChI is InChI=1S/C18H21N7O/c19-14-15-16(2-1-5-20-15)23-6-8-24(9-7-23)17-3-4-18(22-21-17)25-10-12-26-13-11-25/h1-5H,6-13H2. The van der Waals surface area contributed by atoms with Crippen LogP contribution in [0, 0.1) is 11.3 Å². The summed E-state index contributed by atoms with van der Waals surface area (Å²) in [5.74, 6) is 1.80. The number of piperazine rings is 1. The van der Waals surface area contributed by atoms with Crippen molar-refractivity contribution in [3.8, 4) is 6.07 Å². The van der Waals surface area contributed by atoms with E-state index < -0.39 is 0 Å². The van der Waals surface area contributed by atoms with Gasteiger partial charge < -0.3 is 19.4 Å². The quantitative estimate of drug-likeness (QED) is 0.807. The van der Waals surface area contributed by atoms with Crippen LogP contribution in [-0.2, 0) is 4.74 Å². The summed E-state index contributed by atoms with van der Waals surface area (Å²) >= 11 is 0. The van der Waals surface area contributed by atoms with Crippen molar-refractivity contribution in [1.82, 2.24) is 15.2 Å². The van der Waals surface area contributed by atoms with Crippen LogP contribution in [0.15, 0.2) is 30.5 Å². The highest BCUT2D eigenvalue weighted by molar-refractivity contribution is 5.57. The van der Waals surface area contributed by atoms with Gasteiger partial charge in [0.1, 0.15) is 6.07 Å². The first-order valence-electron chi connectivity index (χ1n) is 8.86. The van der Waals surface area contributed by atoms with Crippen LogP contribution < -0.4 is 14.7 Å². The summed E-state index contributed by atoms with van der Waals surface area (Å²) in [6.07, 6.45) is 1.66. The fourth-order valence-corrected chi connectivity index (χ4v) is 3.36. The molecular formula is C18H21N7O. The van der Waals surface area contributed by atoms with E-state index >= 15 is 0 Å². The van der Waals surface area contributed by atoms with Crippen molar-refractivity contribution in [2.45, 2.75) is 0 Å². The molecule has 2 aromatic heterocycles. The Bertz CT molecular complexity index is 775. The van der Waals surface area contributed by atoms with Crippen LogP contribution in [0.5, 0.6) is 0 Å². The van der Waals surface area contributed by atoms with Crippen molar-refractivity contribution in [1.29, 1.82) is 5.26 Å². The summed E-state index contributed by atoms with van der Waals surface area (Å²) in [6.45, 7) is 6.53. The van der Waals surface area contributed by atoms with Gasteiger partial charge in [-0.05, 0) is 24.3 Å². The lowest BCUT2D eigenvalue weighted by Gasteiger charge is -2.36. The van der Waals surface area contributed by atoms with E-state index in [1.54, 1.807) is 6.20 Å². The predicted octanol–water partition coefficient (Wildman–Crippen LogP) is 0.906. The van der Waals surface area contributed by atoms with E-state index in [4.69, 9.17) is 4.74 Å². The van der Waals surface area contributed by atoms with Crippen molar-refractivity contribution in [3.05, 3.63) is 36.2 Å². The lowest BCUT2D eigenvalue weighted by atomic mass is 10.2. The number of ether oxygens (including phenoxy) is 1. The minimum atomic E-state index is 0.482. The highest BCUT2D eigenvalue weighted by Gasteiger charge is 2.21. The number of hydrogen-bond donors (Lipinski definition) is 0. The molecule has 26 heavy (non-hydrogen) atoms. The zero-order valence-corrected chi connectivity index (χ0v) is 14.6. The van der Waals surface area contributed by atoms with Gasteiger partial charge in [-0.1, -0.05) is 0 Å². The molecule has 0 N–H and O–H groups in total. The molecule has 8 heteroatoms. The zero-order valence-electron chi connectivity index (χ0n) is 14.6. The lowest BCUT2D eigenvalue weighted by molar-refractivity contribution is 0.122. The Morgan fingerprint density at radius 3 is 2.08 bits per heavy atom. The van der Waals surface area contributed by atoms with Crippen LogP contribution >= 0.6 is 0 Å². The Hall–Kier alpha value is -2.92. The first-order chi connectivity index (χ1) is 12.8. The highest BCUT2D eigenvalue weighted by atomic mass is 16.5. The fourth-order valence-electron chi connectivity index (χ4n) is 3.36. The van der Waals surface area contributed by atoms with Crippen LogP contribution in [0.25, 0.3) is 0 Å². The lowest BCUT2D eigenvalue weighted by Crippen LogP contribution is -2.47. The van der Waals surface area contributed by atoms with E-state index in [0.29, 0.717) is 5.69 Å². The van der Waals surface area contributed by atoms with Crippen molar-refractivity contribution in [3.63, 3.8) is 0 Å². The Labute approximate surface area is 152 Å². The van der Waals surface area contributed by atoms with Crippen molar-refractivity contribution >= 4 is 17.3 Å². The second kappa shape index (κ2) is 7.54. The fraction of sp³-hybridized carbons (Fsp3) is 0.444. The van der Waals surface area contributed by atoms with E-state index in [-0.39, 0.29) is 0 Å². The van der Waals surface area contributed by atoms with Gasteiger partial charge in [0.15, 0.2) is 17.3 Å². The molecule has 4 heterocycles. The Kier molecular flexibility index (Phi) is 4.80. The molecule has 0 radical (unpaired) electrons. The van der Waals surface area contributed by atoms with Gasteiger partial charge >= 0.3 is 0 Å².